The lowest BCUT2D eigenvalue weighted by atomic mass is 9.87. The molecule has 1 heterocycles. The number of rotatable bonds is 8. The third kappa shape index (κ3) is 6.07. The van der Waals surface area contributed by atoms with E-state index < -0.39 is 5.97 Å². The van der Waals surface area contributed by atoms with Gasteiger partial charge in [-0.1, -0.05) is 17.7 Å². The summed E-state index contributed by atoms with van der Waals surface area (Å²) in [7, 11) is 0. The summed E-state index contributed by atoms with van der Waals surface area (Å²) < 4.78 is 6.89. The summed E-state index contributed by atoms with van der Waals surface area (Å²) in [5, 5.41) is 16.3. The van der Waals surface area contributed by atoms with Crippen molar-refractivity contribution in [3.63, 3.8) is 0 Å². The monoisotopic (exact) mass is 500 g/mol. The highest BCUT2D eigenvalue weighted by molar-refractivity contribution is 7.20. The maximum atomic E-state index is 12.4. The number of carbonyl (C=O) groups excluding carboxylic acids is 2. The van der Waals surface area contributed by atoms with Crippen LogP contribution in [0.15, 0.2) is 48.5 Å². The number of hydrogen-bond donors (Lipinski definition) is 3. The number of carboxylic acid groups (broad SMARTS) is 1. The third-order valence-corrected chi connectivity index (χ3v) is 7.18. The quantitative estimate of drug-likeness (QED) is 0.387. The molecule has 1 aliphatic rings. The molecule has 0 aliphatic heterocycles. The molecular weight excluding hydrogens is 476 g/mol. The van der Waals surface area contributed by atoms with Gasteiger partial charge in [0, 0.05) is 28.4 Å². The van der Waals surface area contributed by atoms with Crippen molar-refractivity contribution >= 4 is 50.8 Å². The number of ether oxygens (including phenoxy) is 1. The van der Waals surface area contributed by atoms with E-state index in [0.717, 1.165) is 10.1 Å². The molecule has 4 rings (SSSR count). The van der Waals surface area contributed by atoms with E-state index in [0.29, 0.717) is 60.0 Å². The molecule has 0 spiro atoms. The largest absolute Gasteiger partial charge is 0.490 e. The zero-order valence-electron chi connectivity index (χ0n) is 18.4. The minimum absolute atomic E-state index is 0.00295. The average Bonchev–Trinajstić information content (AvgIpc) is 3.26. The molecule has 34 heavy (non-hydrogen) atoms. The Bertz CT molecular complexity index is 1190. The molecule has 0 radical (unpaired) electrons. The summed E-state index contributed by atoms with van der Waals surface area (Å²) in [5.41, 5.74) is 0.495. The van der Waals surface area contributed by atoms with Crippen LogP contribution >= 0.6 is 22.9 Å². The average molecular weight is 501 g/mol. The van der Waals surface area contributed by atoms with Crippen molar-refractivity contribution in [1.29, 1.82) is 0 Å². The number of carboxylic acids is 1. The molecule has 3 N–H and O–H groups in total. The zero-order chi connectivity index (χ0) is 24.1. The van der Waals surface area contributed by atoms with Crippen LogP contribution < -0.4 is 15.4 Å². The fourth-order valence-corrected chi connectivity index (χ4v) is 5.22. The first kappa shape index (κ1) is 24.0. The van der Waals surface area contributed by atoms with Gasteiger partial charge in [0.15, 0.2) is 0 Å². The lowest BCUT2D eigenvalue weighted by molar-refractivity contribution is -0.143. The van der Waals surface area contributed by atoms with Crippen molar-refractivity contribution in [3.8, 4) is 5.75 Å². The van der Waals surface area contributed by atoms with E-state index in [1.54, 1.807) is 30.3 Å². The van der Waals surface area contributed by atoms with Gasteiger partial charge in [-0.3, -0.25) is 14.4 Å². The number of benzene rings is 2. The maximum absolute atomic E-state index is 12.4. The molecule has 1 aliphatic carbocycles. The number of nitrogens with one attached hydrogen (secondary N) is 2. The van der Waals surface area contributed by atoms with Gasteiger partial charge >= 0.3 is 5.97 Å². The number of fused-ring (bicyclic) bond motifs is 1. The van der Waals surface area contributed by atoms with E-state index in [9.17, 15) is 14.4 Å². The van der Waals surface area contributed by atoms with Crippen LogP contribution in [-0.4, -0.2) is 42.1 Å². The van der Waals surface area contributed by atoms with E-state index in [1.807, 2.05) is 18.2 Å². The number of thiophene rings is 1. The molecule has 7 nitrogen and oxygen atoms in total. The Morgan fingerprint density at radius 2 is 1.62 bits per heavy atom. The molecule has 2 aromatic carbocycles. The minimum Gasteiger partial charge on any atom is -0.490 e. The van der Waals surface area contributed by atoms with Gasteiger partial charge in [-0.05, 0) is 73.5 Å². The van der Waals surface area contributed by atoms with Crippen LogP contribution in [-0.2, 0) is 4.79 Å². The second-order valence-electron chi connectivity index (χ2n) is 8.26. The van der Waals surface area contributed by atoms with Crippen LogP contribution in [0, 0.1) is 5.92 Å². The van der Waals surface area contributed by atoms with Gasteiger partial charge in [0.1, 0.15) is 5.75 Å². The zero-order valence-corrected chi connectivity index (χ0v) is 20.0. The molecule has 3 aromatic rings. The summed E-state index contributed by atoms with van der Waals surface area (Å²) >= 11 is 7.37. The van der Waals surface area contributed by atoms with Crippen molar-refractivity contribution in [2.75, 3.05) is 13.1 Å². The van der Waals surface area contributed by atoms with E-state index in [4.69, 9.17) is 21.4 Å². The van der Waals surface area contributed by atoms with Gasteiger partial charge < -0.3 is 20.5 Å². The molecule has 2 amide bonds. The first-order valence-electron chi connectivity index (χ1n) is 11.1. The van der Waals surface area contributed by atoms with Crippen LogP contribution in [0.2, 0.25) is 5.02 Å². The topological polar surface area (TPSA) is 105 Å². The van der Waals surface area contributed by atoms with Crippen molar-refractivity contribution in [1.82, 2.24) is 10.6 Å². The van der Waals surface area contributed by atoms with Gasteiger partial charge in [0.2, 0.25) is 0 Å². The molecule has 0 bridgehead atoms. The first-order valence-corrected chi connectivity index (χ1v) is 12.3. The summed E-state index contributed by atoms with van der Waals surface area (Å²) in [5.74, 6) is -0.782. The third-order valence-electron chi connectivity index (χ3n) is 5.84. The maximum Gasteiger partial charge on any atom is 0.306 e. The Labute approximate surface area is 206 Å². The van der Waals surface area contributed by atoms with Crippen LogP contribution in [0.1, 0.15) is 45.7 Å². The lowest BCUT2D eigenvalue weighted by Crippen LogP contribution is -2.34. The van der Waals surface area contributed by atoms with Crippen LogP contribution in [0.25, 0.3) is 10.1 Å². The Morgan fingerprint density at radius 3 is 2.29 bits per heavy atom. The van der Waals surface area contributed by atoms with Gasteiger partial charge in [0.25, 0.3) is 11.8 Å². The Kier molecular flexibility index (Phi) is 7.70. The summed E-state index contributed by atoms with van der Waals surface area (Å²) in [6, 6.07) is 14.2. The van der Waals surface area contributed by atoms with Gasteiger partial charge in [-0.25, -0.2) is 0 Å². The Hall–Kier alpha value is -3.10. The van der Waals surface area contributed by atoms with E-state index in [1.165, 1.54) is 11.3 Å². The van der Waals surface area contributed by atoms with Crippen LogP contribution in [0.5, 0.6) is 5.75 Å². The number of amides is 2. The molecule has 1 fully saturated rings. The molecule has 0 unspecified atom stereocenters. The molecule has 178 valence electrons. The highest BCUT2D eigenvalue weighted by atomic mass is 35.5. The van der Waals surface area contributed by atoms with Crippen molar-refractivity contribution in [3.05, 3.63) is 64.0 Å². The normalized spacial score (nSPS) is 17.8. The predicted octanol–water partition coefficient (Wildman–Crippen LogP) is 4.74. The fraction of sp³-hybridized carbons (Fsp3) is 0.320. The Balaban J connectivity index is 1.19. The van der Waals surface area contributed by atoms with Gasteiger partial charge in [-0.15, -0.1) is 11.3 Å². The second-order valence-corrected chi connectivity index (χ2v) is 9.78. The predicted molar refractivity (Wildman–Crippen MR) is 132 cm³/mol. The number of halogens is 1. The van der Waals surface area contributed by atoms with Crippen molar-refractivity contribution < 1.29 is 24.2 Å². The SMILES string of the molecule is O=C(NCCNC(=O)c1cc2ccc(Cl)cc2s1)c1ccc(OC2CCC(C(=O)O)CC2)cc1. The second kappa shape index (κ2) is 10.9. The number of carbonyl (C=O) groups is 3. The van der Waals surface area contributed by atoms with E-state index in [2.05, 4.69) is 10.6 Å². The minimum atomic E-state index is -0.737. The molecule has 1 saturated carbocycles. The summed E-state index contributed by atoms with van der Waals surface area (Å²) in [6.45, 7) is 0.603. The highest BCUT2D eigenvalue weighted by Crippen LogP contribution is 2.29. The molecule has 1 aromatic heterocycles. The summed E-state index contributed by atoms with van der Waals surface area (Å²) in [4.78, 5) is 36.4. The molecule has 0 saturated heterocycles. The standard InChI is InChI=1S/C25H25ClN2O5S/c26-18-6-1-17-13-22(34-21(17)14-18)24(30)28-12-11-27-23(29)15-2-7-19(8-3-15)33-20-9-4-16(5-10-20)25(31)32/h1-3,6-8,13-14,16,20H,4-5,9-12H2,(H,27,29)(H,28,30)(H,31,32). The van der Waals surface area contributed by atoms with Crippen LogP contribution in [0.3, 0.4) is 0 Å². The first-order chi connectivity index (χ1) is 16.4. The molecule has 9 heteroatoms. The van der Waals surface area contributed by atoms with E-state index >= 15 is 0 Å². The van der Waals surface area contributed by atoms with E-state index in [-0.39, 0.29) is 23.8 Å². The fourth-order valence-electron chi connectivity index (χ4n) is 3.96. The number of hydrogen-bond acceptors (Lipinski definition) is 5. The molecular formula is C25H25ClN2O5S. The molecule has 0 atom stereocenters. The van der Waals surface area contributed by atoms with Crippen molar-refractivity contribution in [2.45, 2.75) is 31.8 Å². The van der Waals surface area contributed by atoms with Gasteiger partial charge in [-0.2, -0.15) is 0 Å². The smallest absolute Gasteiger partial charge is 0.306 e. The number of aliphatic carboxylic acids is 1. The van der Waals surface area contributed by atoms with Gasteiger partial charge in [0.05, 0.1) is 16.9 Å². The van der Waals surface area contributed by atoms with Crippen molar-refractivity contribution in [2.24, 2.45) is 5.92 Å². The lowest BCUT2D eigenvalue weighted by Gasteiger charge is -2.26. The Morgan fingerprint density at radius 1 is 0.941 bits per heavy atom. The highest BCUT2D eigenvalue weighted by Gasteiger charge is 2.26. The summed E-state index contributed by atoms with van der Waals surface area (Å²) in [6.07, 6.45) is 2.65. The van der Waals surface area contributed by atoms with Crippen LogP contribution in [0.4, 0.5) is 0 Å².